The lowest BCUT2D eigenvalue weighted by molar-refractivity contribution is 0.261. The third-order valence-corrected chi connectivity index (χ3v) is 10.2. The Morgan fingerprint density at radius 1 is 0.510 bits per heavy atom. The minimum atomic E-state index is -0.217. The van der Waals surface area contributed by atoms with E-state index in [1.54, 1.807) is 0 Å². The van der Waals surface area contributed by atoms with Gasteiger partial charge in [0.25, 0.3) is 0 Å². The Labute approximate surface area is 281 Å². The second kappa shape index (κ2) is 9.99. The Morgan fingerprint density at radius 3 is 1.98 bits per heavy atom. The fourth-order valence-corrected chi connectivity index (χ4v) is 7.97. The smallest absolute Gasteiger partial charge is 0.196 e. The second-order valence-corrected chi connectivity index (χ2v) is 12.9. The van der Waals surface area contributed by atoms with E-state index in [-0.39, 0.29) is 6.23 Å². The highest BCUT2D eigenvalue weighted by atomic mass is 16.5. The van der Waals surface area contributed by atoms with Crippen LogP contribution in [0.2, 0.25) is 0 Å². The molecule has 10 aromatic rings. The Kier molecular flexibility index (Phi) is 5.41. The molecule has 2 aromatic heterocycles. The summed E-state index contributed by atoms with van der Waals surface area (Å²) in [4.78, 5) is 0. The van der Waals surface area contributed by atoms with Crippen molar-refractivity contribution < 1.29 is 9.15 Å². The highest BCUT2D eigenvalue weighted by molar-refractivity contribution is 6.28. The summed E-state index contributed by atoms with van der Waals surface area (Å²) in [6.45, 7) is 0. The van der Waals surface area contributed by atoms with Gasteiger partial charge in [-0.2, -0.15) is 0 Å². The largest absolute Gasteiger partial charge is 0.464 e. The monoisotopic (exact) mass is 628 g/mol. The van der Waals surface area contributed by atoms with Gasteiger partial charge in [-0.3, -0.25) is 0 Å². The number of hydrogen-bond acceptors (Lipinski definition) is 3. The lowest BCUT2D eigenvalue weighted by Gasteiger charge is -2.12. The van der Waals surface area contributed by atoms with E-state index in [0.717, 1.165) is 55.8 Å². The summed E-state index contributed by atoms with van der Waals surface area (Å²) < 4.78 is 15.5. The van der Waals surface area contributed by atoms with E-state index in [4.69, 9.17) is 9.15 Å². The fraction of sp³-hybridized carbons (Fsp3) is 0.0222. The number of nitrogens with zero attached hydrogens (tertiary/aromatic N) is 1. The molecule has 0 spiro atoms. The normalized spacial score (nSPS) is 14.2. The summed E-state index contributed by atoms with van der Waals surface area (Å²) in [6.07, 6.45) is -0.217. The van der Waals surface area contributed by atoms with Crippen LogP contribution >= 0.6 is 0 Å². The zero-order chi connectivity index (χ0) is 32.1. The molecule has 230 valence electrons. The SMILES string of the molecule is c1ccc(C2Nc3cccc(-c4ccc5oc6cc(-n7c8ccc9ccccc9c8c8c9ccccc9ccc87)ccc6c5c4)c3O2)cc1. The van der Waals surface area contributed by atoms with Gasteiger partial charge in [-0.05, 0) is 69.6 Å². The number of hydrogen-bond donors (Lipinski definition) is 1. The quantitative estimate of drug-likeness (QED) is 0.212. The van der Waals surface area contributed by atoms with Crippen LogP contribution in [0.1, 0.15) is 11.8 Å². The number of benzene rings is 8. The number of fused-ring (bicyclic) bond motifs is 11. The Hall–Kier alpha value is -6.52. The molecule has 8 aromatic carbocycles. The van der Waals surface area contributed by atoms with Crippen LogP contribution in [0.3, 0.4) is 0 Å². The van der Waals surface area contributed by atoms with Crippen LogP contribution in [0.15, 0.2) is 162 Å². The summed E-state index contributed by atoms with van der Waals surface area (Å²) in [7, 11) is 0. The van der Waals surface area contributed by atoms with Crippen molar-refractivity contribution in [1.82, 2.24) is 4.57 Å². The number of anilines is 1. The maximum atomic E-state index is 6.56. The van der Waals surface area contributed by atoms with E-state index in [1.165, 1.54) is 43.4 Å². The number of nitrogens with one attached hydrogen (secondary N) is 1. The number of furan rings is 1. The van der Waals surface area contributed by atoms with Gasteiger partial charge in [0.05, 0.1) is 16.7 Å². The topological polar surface area (TPSA) is 39.3 Å². The van der Waals surface area contributed by atoms with E-state index >= 15 is 0 Å². The number of rotatable bonds is 3. The first kappa shape index (κ1) is 26.5. The third kappa shape index (κ3) is 3.86. The molecule has 0 saturated carbocycles. The Balaban J connectivity index is 1.08. The lowest BCUT2D eigenvalue weighted by atomic mass is 10.00. The molecule has 0 saturated heterocycles. The first-order valence-corrected chi connectivity index (χ1v) is 16.7. The van der Waals surface area contributed by atoms with Gasteiger partial charge in [0.15, 0.2) is 12.0 Å². The molecule has 0 fully saturated rings. The molecule has 0 bridgehead atoms. The summed E-state index contributed by atoms with van der Waals surface area (Å²) in [6, 6.07) is 56.0. The Bertz CT molecular complexity index is 2860. The standard InChI is InChI=1S/C45H28N2O2/c1-2-11-29(12-3-1)45-46-37-16-8-15-34(44(37)49-45)30-19-24-40-36(25-30)35-21-20-31(26-41(35)48-40)47-38-22-17-27-9-4-6-13-32(27)42(38)43-33-14-7-5-10-28(33)18-23-39(43)47/h1-26,45-46H. The molecule has 1 N–H and O–H groups in total. The van der Waals surface area contributed by atoms with E-state index < -0.39 is 0 Å². The summed E-state index contributed by atoms with van der Waals surface area (Å²) in [5.74, 6) is 0.872. The molecule has 3 heterocycles. The molecule has 1 aliphatic rings. The van der Waals surface area contributed by atoms with Crippen LogP contribution in [0.4, 0.5) is 5.69 Å². The zero-order valence-electron chi connectivity index (χ0n) is 26.4. The minimum absolute atomic E-state index is 0.217. The number of aromatic nitrogens is 1. The van der Waals surface area contributed by atoms with Gasteiger partial charge in [-0.15, -0.1) is 0 Å². The summed E-state index contributed by atoms with van der Waals surface area (Å²) in [5, 5.41) is 13.3. The van der Waals surface area contributed by atoms with Gasteiger partial charge in [-0.25, -0.2) is 0 Å². The van der Waals surface area contributed by atoms with Gasteiger partial charge in [0.1, 0.15) is 11.2 Å². The van der Waals surface area contributed by atoms with Crippen molar-refractivity contribution in [2.45, 2.75) is 6.23 Å². The average molecular weight is 629 g/mol. The molecule has 1 unspecified atom stereocenters. The molecular formula is C45H28N2O2. The highest BCUT2D eigenvalue weighted by Gasteiger charge is 2.26. The van der Waals surface area contributed by atoms with Crippen LogP contribution in [-0.2, 0) is 0 Å². The minimum Gasteiger partial charge on any atom is -0.464 e. The molecule has 4 heteroatoms. The van der Waals surface area contributed by atoms with E-state index in [2.05, 4.69) is 149 Å². The van der Waals surface area contributed by atoms with Crippen LogP contribution in [-0.4, -0.2) is 4.57 Å². The van der Waals surface area contributed by atoms with Crippen LogP contribution < -0.4 is 10.1 Å². The van der Waals surface area contributed by atoms with Gasteiger partial charge in [-0.1, -0.05) is 109 Å². The van der Waals surface area contributed by atoms with Crippen molar-refractivity contribution in [3.8, 4) is 22.6 Å². The van der Waals surface area contributed by atoms with Gasteiger partial charge < -0.3 is 19.0 Å². The molecule has 4 nitrogen and oxygen atoms in total. The van der Waals surface area contributed by atoms with Crippen molar-refractivity contribution in [1.29, 1.82) is 0 Å². The second-order valence-electron chi connectivity index (χ2n) is 12.9. The van der Waals surface area contributed by atoms with Crippen molar-refractivity contribution in [3.05, 3.63) is 163 Å². The van der Waals surface area contributed by atoms with Crippen LogP contribution in [0.25, 0.3) is 82.1 Å². The molecule has 0 aliphatic carbocycles. The van der Waals surface area contributed by atoms with Gasteiger partial charge >= 0.3 is 0 Å². The average Bonchev–Trinajstić information content (AvgIpc) is 3.86. The van der Waals surface area contributed by atoms with Crippen LogP contribution in [0, 0.1) is 0 Å². The molecule has 11 rings (SSSR count). The third-order valence-electron chi connectivity index (χ3n) is 10.2. The first-order chi connectivity index (χ1) is 24.3. The predicted molar refractivity (Wildman–Crippen MR) is 202 cm³/mol. The summed E-state index contributed by atoms with van der Waals surface area (Å²) in [5.41, 5.74) is 9.41. The predicted octanol–water partition coefficient (Wildman–Crippen LogP) is 12.2. The molecule has 0 amide bonds. The van der Waals surface area contributed by atoms with Crippen LogP contribution in [0.5, 0.6) is 5.75 Å². The Morgan fingerprint density at radius 2 is 1.22 bits per heavy atom. The number of ether oxygens (including phenoxy) is 1. The maximum Gasteiger partial charge on any atom is 0.196 e. The molecule has 1 aliphatic heterocycles. The van der Waals surface area contributed by atoms with E-state index in [0.29, 0.717) is 0 Å². The van der Waals surface area contributed by atoms with Crippen molar-refractivity contribution in [2.75, 3.05) is 5.32 Å². The van der Waals surface area contributed by atoms with Gasteiger partial charge in [0.2, 0.25) is 0 Å². The number of para-hydroxylation sites is 1. The van der Waals surface area contributed by atoms with E-state index in [9.17, 15) is 0 Å². The van der Waals surface area contributed by atoms with Crippen molar-refractivity contribution in [3.63, 3.8) is 0 Å². The van der Waals surface area contributed by atoms with Crippen molar-refractivity contribution >= 4 is 71.0 Å². The van der Waals surface area contributed by atoms with Gasteiger partial charge in [0, 0.05) is 44.4 Å². The van der Waals surface area contributed by atoms with Crippen molar-refractivity contribution in [2.24, 2.45) is 0 Å². The zero-order valence-corrected chi connectivity index (χ0v) is 26.4. The van der Waals surface area contributed by atoms with E-state index in [1.807, 2.05) is 18.2 Å². The summed E-state index contributed by atoms with van der Waals surface area (Å²) >= 11 is 0. The first-order valence-electron chi connectivity index (χ1n) is 16.7. The molecule has 1 atom stereocenters. The fourth-order valence-electron chi connectivity index (χ4n) is 7.97. The molecule has 49 heavy (non-hydrogen) atoms. The lowest BCUT2D eigenvalue weighted by Crippen LogP contribution is -2.09. The highest BCUT2D eigenvalue weighted by Crippen LogP contribution is 2.46. The maximum absolute atomic E-state index is 6.56. The molecule has 0 radical (unpaired) electrons. The molecular weight excluding hydrogens is 601 g/mol.